The predicted molar refractivity (Wildman–Crippen MR) is 77.7 cm³/mol. The van der Waals surface area contributed by atoms with Crippen LogP contribution in [-0.2, 0) is 4.74 Å². The second-order valence-corrected chi connectivity index (χ2v) is 5.07. The molecule has 0 unspecified atom stereocenters. The van der Waals surface area contributed by atoms with E-state index in [2.05, 4.69) is 20.5 Å². The third-order valence-electron chi connectivity index (χ3n) is 3.76. The van der Waals surface area contributed by atoms with Crippen LogP contribution >= 0.6 is 0 Å². The van der Waals surface area contributed by atoms with Crippen LogP contribution in [0.3, 0.4) is 0 Å². The highest BCUT2D eigenvalue weighted by molar-refractivity contribution is 6.11. The Hall–Kier alpha value is -2.54. The molecule has 0 aromatic carbocycles. The molecule has 0 amide bonds. The molecule has 9 N–H and O–H groups in total. The molecule has 2 aromatic rings. The third kappa shape index (κ3) is 2.24. The molecular formula is C11H16N8O4. The van der Waals surface area contributed by atoms with E-state index in [9.17, 15) is 15.3 Å². The minimum atomic E-state index is -1.30. The van der Waals surface area contributed by atoms with Crippen LogP contribution in [0.5, 0.6) is 0 Å². The summed E-state index contributed by atoms with van der Waals surface area (Å²) in [4.78, 5) is 0. The third-order valence-corrected chi connectivity index (χ3v) is 3.76. The summed E-state index contributed by atoms with van der Waals surface area (Å²) in [7, 11) is 0. The van der Waals surface area contributed by atoms with E-state index in [1.807, 2.05) is 0 Å². The number of nitrogen functional groups attached to an aromatic ring is 1. The van der Waals surface area contributed by atoms with Gasteiger partial charge >= 0.3 is 0 Å². The van der Waals surface area contributed by atoms with Crippen molar-refractivity contribution in [2.45, 2.75) is 24.5 Å². The molecule has 1 fully saturated rings. The molecule has 12 heteroatoms. The topological polar surface area (TPSA) is 204 Å². The van der Waals surface area contributed by atoms with Gasteiger partial charge in [-0.2, -0.15) is 5.10 Å². The van der Waals surface area contributed by atoms with Crippen molar-refractivity contribution >= 4 is 22.7 Å². The van der Waals surface area contributed by atoms with Gasteiger partial charge in [0.2, 0.25) is 0 Å². The lowest BCUT2D eigenvalue weighted by molar-refractivity contribution is -0.0509. The summed E-state index contributed by atoms with van der Waals surface area (Å²) in [5.41, 5.74) is 12.1. The summed E-state index contributed by atoms with van der Waals surface area (Å²) in [5, 5.41) is 44.0. The molecule has 1 saturated heterocycles. The first-order chi connectivity index (χ1) is 11.0. The van der Waals surface area contributed by atoms with Gasteiger partial charge in [-0.15, -0.1) is 10.2 Å². The number of aliphatic hydroxyl groups excluding tert-OH is 3. The molecule has 2 aromatic heterocycles. The quantitative estimate of drug-likeness (QED) is 0.143. The Bertz CT molecular complexity index is 762. The van der Waals surface area contributed by atoms with E-state index in [4.69, 9.17) is 22.0 Å². The van der Waals surface area contributed by atoms with Crippen LogP contribution < -0.4 is 17.3 Å². The van der Waals surface area contributed by atoms with Crippen molar-refractivity contribution in [1.82, 2.24) is 20.0 Å². The highest BCUT2D eigenvalue weighted by Crippen LogP contribution is 2.34. The van der Waals surface area contributed by atoms with Gasteiger partial charge in [0.05, 0.1) is 12.0 Å². The fourth-order valence-electron chi connectivity index (χ4n) is 2.60. The molecule has 0 saturated carbocycles. The summed E-state index contributed by atoms with van der Waals surface area (Å²) in [5.74, 6) is 5.22. The van der Waals surface area contributed by atoms with Crippen molar-refractivity contribution in [1.29, 1.82) is 0 Å². The van der Waals surface area contributed by atoms with Gasteiger partial charge in [0.1, 0.15) is 18.3 Å². The normalized spacial score (nSPS) is 28.6. The fourth-order valence-corrected chi connectivity index (χ4v) is 2.60. The Morgan fingerprint density at radius 3 is 2.70 bits per heavy atom. The van der Waals surface area contributed by atoms with Crippen molar-refractivity contribution in [3.8, 4) is 0 Å². The number of aliphatic hydroxyl groups is 3. The minimum Gasteiger partial charge on any atom is -0.394 e. The van der Waals surface area contributed by atoms with Crippen LogP contribution in [0.1, 0.15) is 11.8 Å². The Labute approximate surface area is 129 Å². The van der Waals surface area contributed by atoms with Gasteiger partial charge in [-0.1, -0.05) is 0 Å². The average molecular weight is 324 g/mol. The molecule has 1 aliphatic heterocycles. The van der Waals surface area contributed by atoms with Crippen molar-refractivity contribution < 1.29 is 20.1 Å². The second kappa shape index (κ2) is 5.58. The van der Waals surface area contributed by atoms with Crippen molar-refractivity contribution in [2.75, 3.05) is 12.3 Å². The second-order valence-electron chi connectivity index (χ2n) is 5.07. The van der Waals surface area contributed by atoms with E-state index in [-0.39, 0.29) is 17.3 Å². The fraction of sp³-hybridized carbons (Fsp3) is 0.455. The number of ether oxygens (including phenoxy) is 1. The van der Waals surface area contributed by atoms with Gasteiger partial charge in [-0.3, -0.25) is 0 Å². The molecule has 23 heavy (non-hydrogen) atoms. The largest absolute Gasteiger partial charge is 0.394 e. The molecule has 3 rings (SSSR count). The lowest BCUT2D eigenvalue weighted by atomic mass is 10.1. The molecule has 0 bridgehead atoms. The van der Waals surface area contributed by atoms with E-state index in [1.54, 1.807) is 0 Å². The van der Waals surface area contributed by atoms with E-state index in [0.717, 1.165) is 0 Å². The number of hydrogen-bond acceptors (Lipinski definition) is 10. The van der Waals surface area contributed by atoms with Crippen LogP contribution in [0.2, 0.25) is 0 Å². The predicted octanol–water partition coefficient (Wildman–Crippen LogP) is -3.40. The lowest BCUT2D eigenvalue weighted by Crippen LogP contribution is -2.33. The van der Waals surface area contributed by atoms with Gasteiger partial charge in [0.15, 0.2) is 23.5 Å². The number of amidine groups is 1. The highest BCUT2D eigenvalue weighted by atomic mass is 16.6. The van der Waals surface area contributed by atoms with Gasteiger partial charge in [-0.25, -0.2) is 0 Å². The van der Waals surface area contributed by atoms with E-state index >= 15 is 0 Å². The highest BCUT2D eigenvalue weighted by Gasteiger charge is 2.44. The molecular weight excluding hydrogens is 308 g/mol. The number of hydrazone groups is 1. The van der Waals surface area contributed by atoms with Crippen LogP contribution in [0.15, 0.2) is 11.3 Å². The molecule has 1 aliphatic rings. The van der Waals surface area contributed by atoms with Gasteiger partial charge in [0, 0.05) is 11.8 Å². The van der Waals surface area contributed by atoms with E-state index in [0.29, 0.717) is 10.9 Å². The smallest absolute Gasteiger partial charge is 0.171 e. The summed E-state index contributed by atoms with van der Waals surface area (Å²) in [6, 6.07) is 0. The summed E-state index contributed by atoms with van der Waals surface area (Å²) < 4.78 is 6.85. The first-order valence-electron chi connectivity index (χ1n) is 6.65. The van der Waals surface area contributed by atoms with Crippen LogP contribution in [0.25, 0.3) is 11.0 Å². The maximum atomic E-state index is 10.2. The first kappa shape index (κ1) is 15.4. The maximum Gasteiger partial charge on any atom is 0.171 e. The van der Waals surface area contributed by atoms with E-state index in [1.165, 1.54) is 10.8 Å². The molecule has 0 radical (unpaired) electrons. The standard InChI is InChI=1S/C11H16N8O4/c12-8(15-14)3-1-19(10-5(3)9(13)16-18-17-10)11-7(22)6(21)4(2-20)23-11/h1,4,6-7,11,20-22H,2,14H2,(H2,12,15)(H2,13,16,17)/t4-,6-,7-,11-/m1/s1. The number of fused-ring (bicyclic) bond motifs is 1. The minimum absolute atomic E-state index is 0.0259. The van der Waals surface area contributed by atoms with E-state index < -0.39 is 31.1 Å². The van der Waals surface area contributed by atoms with Gasteiger partial charge in [-0.05, 0) is 5.21 Å². The Balaban J connectivity index is 2.18. The SMILES string of the molecule is N/N=C(\N)c1cn([C@@H]2O[C@H](CO)[C@@H](O)[C@H]2O)c2nnnc(N)c12. The zero-order chi connectivity index (χ0) is 16.7. The Morgan fingerprint density at radius 2 is 2.09 bits per heavy atom. The monoisotopic (exact) mass is 324 g/mol. The summed E-state index contributed by atoms with van der Waals surface area (Å²) in [6.07, 6.45) is -3.08. The maximum absolute atomic E-state index is 10.2. The average Bonchev–Trinajstić information content (AvgIpc) is 3.07. The number of nitrogens with two attached hydrogens (primary N) is 3. The van der Waals surface area contributed by atoms with Crippen LogP contribution in [0.4, 0.5) is 5.82 Å². The molecule has 0 spiro atoms. The molecule has 4 atom stereocenters. The lowest BCUT2D eigenvalue weighted by Gasteiger charge is -2.16. The summed E-state index contributed by atoms with van der Waals surface area (Å²) in [6.45, 7) is -0.456. The van der Waals surface area contributed by atoms with Crippen LogP contribution in [-0.4, -0.2) is 66.1 Å². The number of nitrogens with zero attached hydrogens (tertiary/aromatic N) is 5. The van der Waals surface area contributed by atoms with Gasteiger partial charge < -0.3 is 41.9 Å². The Morgan fingerprint density at radius 1 is 1.35 bits per heavy atom. The molecule has 124 valence electrons. The molecule has 0 aliphatic carbocycles. The first-order valence-corrected chi connectivity index (χ1v) is 6.65. The number of rotatable bonds is 3. The van der Waals surface area contributed by atoms with Crippen molar-refractivity contribution in [2.24, 2.45) is 16.7 Å². The number of hydrogen-bond donors (Lipinski definition) is 6. The van der Waals surface area contributed by atoms with Crippen molar-refractivity contribution in [3.05, 3.63) is 11.8 Å². The van der Waals surface area contributed by atoms with Crippen molar-refractivity contribution in [3.63, 3.8) is 0 Å². The molecule has 12 nitrogen and oxygen atoms in total. The summed E-state index contributed by atoms with van der Waals surface area (Å²) >= 11 is 0. The zero-order valence-corrected chi connectivity index (χ0v) is 11.8. The zero-order valence-electron chi connectivity index (χ0n) is 11.8. The Kier molecular flexibility index (Phi) is 3.73. The van der Waals surface area contributed by atoms with Crippen LogP contribution in [0, 0.1) is 0 Å². The number of aromatic nitrogens is 4. The van der Waals surface area contributed by atoms with Gasteiger partial charge in [0.25, 0.3) is 0 Å². The number of anilines is 1. The molecule has 3 heterocycles.